The van der Waals surface area contributed by atoms with Gasteiger partial charge in [0.1, 0.15) is 17.0 Å². The Hall–Kier alpha value is -4.06. The first kappa shape index (κ1) is 18.7. The van der Waals surface area contributed by atoms with Crippen LogP contribution in [0.4, 0.5) is 5.69 Å². The maximum Gasteiger partial charge on any atom is 0.180 e. The van der Waals surface area contributed by atoms with Gasteiger partial charge < -0.3 is 5.32 Å². The fourth-order valence-electron chi connectivity index (χ4n) is 4.01. The minimum Gasteiger partial charge on any atom is -0.382 e. The summed E-state index contributed by atoms with van der Waals surface area (Å²) >= 11 is 0. The molecule has 1 N–H and O–H groups in total. The van der Waals surface area contributed by atoms with Crippen LogP contribution in [0.25, 0.3) is 39.8 Å². The summed E-state index contributed by atoms with van der Waals surface area (Å²) in [6, 6.07) is 25.0. The summed E-state index contributed by atoms with van der Waals surface area (Å²) in [4.78, 5) is 18.7. The molecule has 0 bridgehead atoms. The summed E-state index contributed by atoms with van der Waals surface area (Å²) in [6.07, 6.45) is 7.35. The fourth-order valence-corrected chi connectivity index (χ4v) is 4.01. The van der Waals surface area contributed by atoms with E-state index in [0.29, 0.717) is 11.9 Å². The zero-order valence-corrected chi connectivity index (χ0v) is 17.5. The summed E-state index contributed by atoms with van der Waals surface area (Å²) in [7, 11) is 0. The second kappa shape index (κ2) is 7.89. The predicted octanol–water partition coefficient (Wildman–Crippen LogP) is 5.51. The zero-order valence-electron chi connectivity index (χ0n) is 17.5. The highest BCUT2D eigenvalue weighted by atomic mass is 15.2. The lowest BCUT2D eigenvalue weighted by Crippen LogP contribution is -2.26. The molecule has 0 unspecified atom stereocenters. The van der Waals surface area contributed by atoms with Crippen LogP contribution >= 0.6 is 0 Å². The standard InChI is InChI=1S/C26H22N6/c1-2-7-18(8-3-1)25-30-23-17-28-24(22-11-4-5-16-27-22)31-26(23)32(25)21-14-12-20(13-15-21)29-19-9-6-10-19/h1-5,7-8,11-17,19,29H,6,9-10H2. The quantitative estimate of drug-likeness (QED) is 0.408. The first-order valence-electron chi connectivity index (χ1n) is 10.9. The number of pyridine rings is 1. The smallest absolute Gasteiger partial charge is 0.180 e. The van der Waals surface area contributed by atoms with E-state index in [4.69, 9.17) is 9.97 Å². The van der Waals surface area contributed by atoms with E-state index in [0.717, 1.165) is 39.6 Å². The second-order valence-corrected chi connectivity index (χ2v) is 8.07. The Bertz CT molecular complexity index is 1360. The van der Waals surface area contributed by atoms with Gasteiger partial charge in [0.15, 0.2) is 11.5 Å². The van der Waals surface area contributed by atoms with E-state index in [2.05, 4.69) is 56.3 Å². The van der Waals surface area contributed by atoms with Crippen molar-refractivity contribution in [2.45, 2.75) is 25.3 Å². The Balaban J connectivity index is 1.50. The second-order valence-electron chi connectivity index (χ2n) is 8.07. The number of anilines is 1. The topological polar surface area (TPSA) is 68.5 Å². The molecule has 0 saturated heterocycles. The average Bonchev–Trinajstić information content (AvgIpc) is 3.22. The maximum atomic E-state index is 4.89. The van der Waals surface area contributed by atoms with Gasteiger partial charge in [-0.3, -0.25) is 9.55 Å². The van der Waals surface area contributed by atoms with Gasteiger partial charge >= 0.3 is 0 Å². The summed E-state index contributed by atoms with van der Waals surface area (Å²) in [5.74, 6) is 1.43. The molecule has 5 aromatic rings. The van der Waals surface area contributed by atoms with Gasteiger partial charge in [-0.1, -0.05) is 36.4 Å². The Morgan fingerprint density at radius 3 is 2.34 bits per heavy atom. The molecule has 3 heterocycles. The van der Waals surface area contributed by atoms with Gasteiger partial charge in [0.25, 0.3) is 0 Å². The molecule has 3 aromatic heterocycles. The van der Waals surface area contributed by atoms with Gasteiger partial charge in [0.05, 0.1) is 6.20 Å². The van der Waals surface area contributed by atoms with Crippen LogP contribution in [-0.4, -0.2) is 30.5 Å². The van der Waals surface area contributed by atoms with Crippen molar-refractivity contribution in [3.63, 3.8) is 0 Å². The number of fused-ring (bicyclic) bond motifs is 1. The predicted molar refractivity (Wildman–Crippen MR) is 127 cm³/mol. The Kier molecular flexibility index (Phi) is 4.61. The highest BCUT2D eigenvalue weighted by Crippen LogP contribution is 2.30. The van der Waals surface area contributed by atoms with E-state index in [1.54, 1.807) is 12.4 Å². The molecule has 156 valence electrons. The summed E-state index contributed by atoms with van der Waals surface area (Å²) in [5, 5.41) is 3.61. The highest BCUT2D eigenvalue weighted by Gasteiger charge is 2.19. The molecule has 0 radical (unpaired) electrons. The van der Waals surface area contributed by atoms with Crippen LogP contribution in [0.15, 0.2) is 85.2 Å². The molecule has 1 fully saturated rings. The molecule has 0 atom stereocenters. The van der Waals surface area contributed by atoms with Crippen molar-refractivity contribution in [2.75, 3.05) is 5.32 Å². The molecule has 6 rings (SSSR count). The first-order valence-corrected chi connectivity index (χ1v) is 10.9. The molecule has 2 aromatic carbocycles. The number of nitrogens with one attached hydrogen (secondary N) is 1. The van der Waals surface area contributed by atoms with E-state index in [9.17, 15) is 0 Å². The molecular weight excluding hydrogens is 396 g/mol. The molecule has 32 heavy (non-hydrogen) atoms. The molecule has 1 aliphatic rings. The van der Waals surface area contributed by atoms with Crippen molar-refractivity contribution in [2.24, 2.45) is 0 Å². The molecular formula is C26H22N6. The lowest BCUT2D eigenvalue weighted by molar-refractivity contribution is 0.445. The number of imidazole rings is 1. The first-order chi connectivity index (χ1) is 15.8. The van der Waals surface area contributed by atoms with Gasteiger partial charge in [-0.25, -0.2) is 15.0 Å². The number of rotatable bonds is 5. The van der Waals surface area contributed by atoms with Gasteiger partial charge in [-0.15, -0.1) is 0 Å². The third kappa shape index (κ3) is 3.39. The van der Waals surface area contributed by atoms with Gasteiger partial charge in [-0.2, -0.15) is 0 Å². The molecule has 6 heteroatoms. The SMILES string of the molecule is c1ccc(-c2nc3cnc(-c4ccccn4)nc3n2-c2ccc(NC3CCC3)cc2)cc1. The minimum absolute atomic E-state index is 0.585. The Labute approximate surface area is 186 Å². The largest absolute Gasteiger partial charge is 0.382 e. The van der Waals surface area contributed by atoms with Crippen LogP contribution in [0.5, 0.6) is 0 Å². The van der Waals surface area contributed by atoms with Crippen LogP contribution in [0.1, 0.15) is 19.3 Å². The Morgan fingerprint density at radius 2 is 1.62 bits per heavy atom. The minimum atomic E-state index is 0.585. The van der Waals surface area contributed by atoms with Crippen LogP contribution in [0, 0.1) is 0 Å². The maximum absolute atomic E-state index is 4.89. The monoisotopic (exact) mass is 418 g/mol. The summed E-state index contributed by atoms with van der Waals surface area (Å²) < 4.78 is 2.10. The van der Waals surface area contributed by atoms with Crippen LogP contribution in [0.2, 0.25) is 0 Å². The van der Waals surface area contributed by atoms with Crippen molar-refractivity contribution < 1.29 is 0 Å². The van der Waals surface area contributed by atoms with E-state index in [-0.39, 0.29) is 0 Å². The number of hydrogen-bond donors (Lipinski definition) is 1. The number of benzene rings is 2. The number of nitrogens with zero attached hydrogens (tertiary/aromatic N) is 5. The summed E-state index contributed by atoms with van der Waals surface area (Å²) in [6.45, 7) is 0. The van der Waals surface area contributed by atoms with Gasteiger partial charge in [0.2, 0.25) is 0 Å². The van der Waals surface area contributed by atoms with Crippen molar-refractivity contribution in [3.8, 4) is 28.6 Å². The van der Waals surface area contributed by atoms with Crippen molar-refractivity contribution in [1.29, 1.82) is 0 Å². The molecule has 1 aliphatic carbocycles. The third-order valence-electron chi connectivity index (χ3n) is 5.93. The average molecular weight is 419 g/mol. The molecule has 1 saturated carbocycles. The fraction of sp³-hybridized carbons (Fsp3) is 0.154. The molecule has 0 aliphatic heterocycles. The van der Waals surface area contributed by atoms with Crippen molar-refractivity contribution >= 4 is 16.9 Å². The van der Waals surface area contributed by atoms with Crippen molar-refractivity contribution in [3.05, 3.63) is 85.2 Å². The third-order valence-corrected chi connectivity index (χ3v) is 5.93. The van der Waals surface area contributed by atoms with Crippen LogP contribution < -0.4 is 5.32 Å². The lowest BCUT2D eigenvalue weighted by Gasteiger charge is -2.27. The van der Waals surface area contributed by atoms with E-state index < -0.39 is 0 Å². The molecule has 6 nitrogen and oxygen atoms in total. The van der Waals surface area contributed by atoms with E-state index in [1.807, 2.05) is 36.4 Å². The van der Waals surface area contributed by atoms with Gasteiger partial charge in [0, 0.05) is 29.2 Å². The van der Waals surface area contributed by atoms with E-state index in [1.165, 1.54) is 19.3 Å². The lowest BCUT2D eigenvalue weighted by atomic mass is 9.93. The van der Waals surface area contributed by atoms with E-state index >= 15 is 0 Å². The Morgan fingerprint density at radius 1 is 0.812 bits per heavy atom. The van der Waals surface area contributed by atoms with Crippen molar-refractivity contribution in [1.82, 2.24) is 24.5 Å². The summed E-state index contributed by atoms with van der Waals surface area (Å²) in [5.41, 5.74) is 5.44. The van der Waals surface area contributed by atoms with Crippen LogP contribution in [0.3, 0.4) is 0 Å². The van der Waals surface area contributed by atoms with Crippen LogP contribution in [-0.2, 0) is 0 Å². The number of hydrogen-bond acceptors (Lipinski definition) is 5. The van der Waals surface area contributed by atoms with Gasteiger partial charge in [-0.05, 0) is 55.7 Å². The molecule has 0 spiro atoms. The highest BCUT2D eigenvalue weighted by molar-refractivity contribution is 5.81. The zero-order chi connectivity index (χ0) is 21.3. The molecule has 0 amide bonds. The number of aromatic nitrogens is 5. The normalized spacial score (nSPS) is 13.8.